The summed E-state index contributed by atoms with van der Waals surface area (Å²) in [6.07, 6.45) is 0.189. The highest BCUT2D eigenvalue weighted by Crippen LogP contribution is 2.49. The third kappa shape index (κ3) is 2.76. The van der Waals surface area contributed by atoms with Gasteiger partial charge in [-0.25, -0.2) is 4.79 Å². The van der Waals surface area contributed by atoms with E-state index in [0.29, 0.717) is 0 Å². The molecule has 2 bridgehead atoms. The van der Waals surface area contributed by atoms with Gasteiger partial charge in [-0.1, -0.05) is 23.5 Å². The molecule has 0 aromatic rings. The molecule has 4 fully saturated rings. The number of aliphatic carboxylic acids is 1. The molecule has 4 aliphatic rings. The molecule has 0 aliphatic carbocycles. The summed E-state index contributed by atoms with van der Waals surface area (Å²) in [4.78, 5) is 49.5. The van der Waals surface area contributed by atoms with Gasteiger partial charge in [0.25, 0.3) is 0 Å². The summed E-state index contributed by atoms with van der Waals surface area (Å²) in [5.41, 5.74) is 5.72. The lowest BCUT2D eigenvalue weighted by molar-refractivity contribution is -0.152. The molecule has 4 rings (SSSR count). The lowest BCUT2D eigenvalue weighted by Crippen LogP contribution is -2.67. The molecule has 4 saturated heterocycles. The molecule has 23 heavy (non-hydrogen) atoms. The second-order valence-corrected chi connectivity index (χ2v) is 8.20. The van der Waals surface area contributed by atoms with Crippen molar-refractivity contribution in [2.75, 3.05) is 11.5 Å². The predicted octanol–water partition coefficient (Wildman–Crippen LogP) is -1.90. The first-order valence-electron chi connectivity index (χ1n) is 7.05. The minimum absolute atomic E-state index is 0.0297. The van der Waals surface area contributed by atoms with Gasteiger partial charge in [0.05, 0.1) is 6.04 Å². The number of carbonyl (C=O) groups excluding carboxylic acids is 3. The van der Waals surface area contributed by atoms with Crippen molar-refractivity contribution in [3.05, 3.63) is 0 Å². The molecule has 11 heteroatoms. The van der Waals surface area contributed by atoms with Crippen LogP contribution >= 0.6 is 23.5 Å². The molecule has 4 heterocycles. The number of nitrogens with zero attached hydrogens (tertiary/aromatic N) is 1. The lowest BCUT2D eigenvalue weighted by atomic mass is 10.1. The van der Waals surface area contributed by atoms with Crippen LogP contribution in [0.15, 0.2) is 0 Å². The van der Waals surface area contributed by atoms with Gasteiger partial charge in [-0.05, 0) is 6.42 Å². The number of hydrogen-bond acceptors (Lipinski definition) is 7. The topological polar surface area (TPSA) is 142 Å². The van der Waals surface area contributed by atoms with Crippen LogP contribution in [0.3, 0.4) is 0 Å². The molecule has 5 N–H and O–H groups in total. The van der Waals surface area contributed by atoms with Crippen molar-refractivity contribution >= 4 is 47.2 Å². The minimum atomic E-state index is -1.14. The van der Waals surface area contributed by atoms with E-state index in [4.69, 9.17) is 5.73 Å². The van der Waals surface area contributed by atoms with Crippen LogP contribution in [-0.4, -0.2) is 67.7 Å². The maximum atomic E-state index is 12.7. The van der Waals surface area contributed by atoms with Gasteiger partial charge < -0.3 is 21.5 Å². The summed E-state index contributed by atoms with van der Waals surface area (Å²) in [6.45, 7) is 0. The Balaban J connectivity index is 1.99. The number of nitrogens with two attached hydrogens (primary N) is 1. The van der Waals surface area contributed by atoms with Gasteiger partial charge in [-0.15, -0.1) is 0 Å². The third-order valence-corrected chi connectivity index (χ3v) is 7.03. The monoisotopic (exact) mass is 360 g/mol. The van der Waals surface area contributed by atoms with E-state index in [-0.39, 0.29) is 30.3 Å². The summed E-state index contributed by atoms with van der Waals surface area (Å²) < 4.78 is -1.13. The fraction of sp³-hybridized carbons (Fsp3) is 0.667. The van der Waals surface area contributed by atoms with E-state index < -0.39 is 40.2 Å². The molecule has 4 aliphatic heterocycles. The average molecular weight is 360 g/mol. The Morgan fingerprint density at radius 3 is 2.70 bits per heavy atom. The number of rotatable bonds is 1. The predicted molar refractivity (Wildman–Crippen MR) is 83.2 cm³/mol. The Labute approximate surface area is 140 Å². The standard InChI is InChI=1S/C12H16N4O5S2/c13-5-1-2-8(17)15-12-16(7(4-23-12)11(20)21)10(19)6(3-22-12)14-9(5)18/h5-7H,1-4,13H2,(H,14,18)(H,15,17)(H,20,21). The van der Waals surface area contributed by atoms with Gasteiger partial charge in [0.1, 0.15) is 12.1 Å². The minimum Gasteiger partial charge on any atom is -0.480 e. The summed E-state index contributed by atoms with van der Waals surface area (Å²) >= 11 is 2.46. The summed E-state index contributed by atoms with van der Waals surface area (Å²) in [7, 11) is 0. The van der Waals surface area contributed by atoms with Crippen molar-refractivity contribution in [3.63, 3.8) is 0 Å². The zero-order valence-electron chi connectivity index (χ0n) is 12.0. The molecule has 0 aromatic carbocycles. The van der Waals surface area contributed by atoms with Gasteiger partial charge in [-0.3, -0.25) is 19.3 Å². The third-order valence-electron chi connectivity index (χ3n) is 3.96. The highest BCUT2D eigenvalue weighted by atomic mass is 32.2. The van der Waals surface area contributed by atoms with Crippen molar-refractivity contribution in [1.29, 1.82) is 0 Å². The van der Waals surface area contributed by atoms with Gasteiger partial charge in [0.15, 0.2) is 0 Å². The number of carboxylic acid groups (broad SMARTS) is 1. The molecule has 0 aromatic heterocycles. The van der Waals surface area contributed by atoms with E-state index in [1.165, 1.54) is 28.4 Å². The first kappa shape index (κ1) is 16.4. The Kier molecular flexibility index (Phi) is 4.19. The molecular formula is C12H16N4O5S2. The molecule has 9 nitrogen and oxygen atoms in total. The largest absolute Gasteiger partial charge is 0.480 e. The molecule has 0 radical (unpaired) electrons. The number of thioether (sulfide) groups is 2. The first-order valence-corrected chi connectivity index (χ1v) is 9.02. The number of carbonyl (C=O) groups is 4. The Hall–Kier alpha value is -1.46. The normalized spacial score (nSPS) is 37.7. The second kappa shape index (κ2) is 5.87. The molecule has 4 unspecified atom stereocenters. The van der Waals surface area contributed by atoms with Crippen LogP contribution in [0.25, 0.3) is 0 Å². The number of hydrogen-bond donors (Lipinski definition) is 4. The van der Waals surface area contributed by atoms with Crippen molar-refractivity contribution < 1.29 is 24.3 Å². The van der Waals surface area contributed by atoms with Crippen LogP contribution in [0.1, 0.15) is 12.8 Å². The van der Waals surface area contributed by atoms with Crippen molar-refractivity contribution in [1.82, 2.24) is 15.5 Å². The van der Waals surface area contributed by atoms with Gasteiger partial charge >= 0.3 is 5.97 Å². The van der Waals surface area contributed by atoms with E-state index >= 15 is 0 Å². The van der Waals surface area contributed by atoms with Crippen LogP contribution < -0.4 is 16.4 Å². The number of amides is 3. The summed E-state index contributed by atoms with van der Waals surface area (Å²) in [5, 5.41) is 14.7. The van der Waals surface area contributed by atoms with Crippen LogP contribution in [0, 0.1) is 0 Å². The number of fused-ring (bicyclic) bond motifs is 7. The fourth-order valence-electron chi connectivity index (χ4n) is 2.74. The zero-order chi connectivity index (χ0) is 16.8. The van der Waals surface area contributed by atoms with Crippen LogP contribution in [0.2, 0.25) is 0 Å². The van der Waals surface area contributed by atoms with E-state index in [9.17, 15) is 24.3 Å². The van der Waals surface area contributed by atoms with E-state index in [2.05, 4.69) is 10.6 Å². The van der Waals surface area contributed by atoms with E-state index in [1.54, 1.807) is 0 Å². The Morgan fingerprint density at radius 2 is 2.00 bits per heavy atom. The van der Waals surface area contributed by atoms with Crippen LogP contribution in [0.4, 0.5) is 0 Å². The molecule has 1 spiro atoms. The molecular weight excluding hydrogens is 344 g/mol. The number of carboxylic acids is 1. The highest BCUT2D eigenvalue weighted by molar-refractivity contribution is 8.18. The maximum Gasteiger partial charge on any atom is 0.327 e. The van der Waals surface area contributed by atoms with Crippen molar-refractivity contribution in [3.8, 4) is 0 Å². The smallest absolute Gasteiger partial charge is 0.327 e. The SMILES string of the molecule is NC1CCC(=O)NC23SCC(NC1=O)C(=O)N2C(C(=O)O)CS3. The molecule has 0 saturated carbocycles. The zero-order valence-corrected chi connectivity index (χ0v) is 13.6. The maximum absolute atomic E-state index is 12.7. The van der Waals surface area contributed by atoms with Crippen LogP contribution in [-0.2, 0) is 19.2 Å². The number of nitrogens with one attached hydrogen (secondary N) is 2. The van der Waals surface area contributed by atoms with E-state index in [1.807, 2.05) is 0 Å². The van der Waals surface area contributed by atoms with Crippen molar-refractivity contribution in [2.24, 2.45) is 5.73 Å². The molecule has 126 valence electrons. The fourth-order valence-corrected chi connectivity index (χ4v) is 5.86. The molecule has 4 atom stereocenters. The quantitative estimate of drug-likeness (QED) is 0.425. The Bertz CT molecular complexity index is 588. The lowest BCUT2D eigenvalue weighted by Gasteiger charge is -2.44. The van der Waals surface area contributed by atoms with Gasteiger partial charge in [-0.2, -0.15) is 0 Å². The summed E-state index contributed by atoms with van der Waals surface area (Å²) in [5.74, 6) is -2.10. The summed E-state index contributed by atoms with van der Waals surface area (Å²) in [6, 6.07) is -2.78. The molecule has 3 amide bonds. The van der Waals surface area contributed by atoms with Crippen molar-refractivity contribution in [2.45, 2.75) is 35.3 Å². The Morgan fingerprint density at radius 1 is 1.30 bits per heavy atom. The van der Waals surface area contributed by atoms with Crippen LogP contribution in [0.5, 0.6) is 0 Å². The van der Waals surface area contributed by atoms with E-state index in [0.717, 1.165) is 0 Å². The van der Waals surface area contributed by atoms with Gasteiger partial charge in [0, 0.05) is 17.9 Å². The highest BCUT2D eigenvalue weighted by Gasteiger charge is 2.58. The second-order valence-electron chi connectivity index (χ2n) is 5.52. The van der Waals surface area contributed by atoms with Gasteiger partial charge in [0.2, 0.25) is 22.0 Å². The first-order chi connectivity index (χ1) is 10.8. The average Bonchev–Trinajstić information content (AvgIpc) is 2.86.